The van der Waals surface area contributed by atoms with Gasteiger partial charge in [-0.25, -0.2) is 9.18 Å². The van der Waals surface area contributed by atoms with E-state index in [2.05, 4.69) is 5.32 Å². The van der Waals surface area contributed by atoms with Gasteiger partial charge in [-0.15, -0.1) is 0 Å². The molecule has 1 aromatic heterocycles. The highest BCUT2D eigenvalue weighted by molar-refractivity contribution is 6.03. The number of halogens is 1. The lowest BCUT2D eigenvalue weighted by Gasteiger charge is -2.14. The third-order valence-corrected chi connectivity index (χ3v) is 4.58. The number of nitrogens with zero attached hydrogens (tertiary/aromatic N) is 2. The van der Waals surface area contributed by atoms with Crippen LogP contribution in [-0.4, -0.2) is 27.6 Å². The fourth-order valence-electron chi connectivity index (χ4n) is 3.14. The summed E-state index contributed by atoms with van der Waals surface area (Å²) >= 11 is 0. The molecule has 6 nitrogen and oxygen atoms in total. The Morgan fingerprint density at radius 1 is 1.24 bits per heavy atom. The molecule has 3 rings (SSSR count). The first-order chi connectivity index (χ1) is 13.9. The lowest BCUT2D eigenvalue weighted by atomic mass is 10.0. The standard InChI is InChI=1S/C22H18FN3O3/c1-26-13-16(17-7-3-5-9-20(17)26)11-19(22(28)29)25-21(27)15(12-24)10-14-6-2-4-8-18(14)23/h2-10,13,19H,11H2,1H3,(H,25,27)(H,28,29)/t19-/m0/s1. The van der Waals surface area contributed by atoms with Crippen LogP contribution in [0.3, 0.4) is 0 Å². The van der Waals surface area contributed by atoms with Gasteiger partial charge in [-0.1, -0.05) is 36.4 Å². The van der Waals surface area contributed by atoms with Crippen LogP contribution in [0.1, 0.15) is 11.1 Å². The number of aryl methyl sites for hydroxylation is 1. The van der Waals surface area contributed by atoms with Crippen molar-refractivity contribution >= 4 is 28.9 Å². The monoisotopic (exact) mass is 391 g/mol. The average Bonchev–Trinajstić information content (AvgIpc) is 3.02. The largest absolute Gasteiger partial charge is 0.480 e. The lowest BCUT2D eigenvalue weighted by Crippen LogP contribution is -2.42. The first kappa shape index (κ1) is 19.8. The van der Waals surface area contributed by atoms with Gasteiger partial charge in [-0.05, 0) is 23.8 Å². The molecule has 2 N–H and O–H groups in total. The number of para-hydroxylation sites is 1. The molecule has 0 aliphatic rings. The maximum absolute atomic E-state index is 13.8. The number of rotatable bonds is 6. The minimum absolute atomic E-state index is 0.0425. The number of carbonyl (C=O) groups is 2. The summed E-state index contributed by atoms with van der Waals surface area (Å²) in [4.78, 5) is 24.2. The molecule has 0 aliphatic heterocycles. The Morgan fingerprint density at radius 2 is 1.93 bits per heavy atom. The minimum Gasteiger partial charge on any atom is -0.480 e. The average molecular weight is 391 g/mol. The number of fused-ring (bicyclic) bond motifs is 1. The summed E-state index contributed by atoms with van der Waals surface area (Å²) in [5.41, 5.74) is 1.39. The summed E-state index contributed by atoms with van der Waals surface area (Å²) in [5.74, 6) is -2.68. The Balaban J connectivity index is 1.84. The Hall–Kier alpha value is -3.92. The number of hydrogen-bond acceptors (Lipinski definition) is 3. The molecule has 7 heteroatoms. The molecule has 0 radical (unpaired) electrons. The normalized spacial score (nSPS) is 12.4. The fourth-order valence-corrected chi connectivity index (χ4v) is 3.14. The van der Waals surface area contributed by atoms with Gasteiger partial charge in [0.05, 0.1) is 0 Å². The molecular weight excluding hydrogens is 373 g/mol. The highest BCUT2D eigenvalue weighted by atomic mass is 19.1. The van der Waals surface area contributed by atoms with Gasteiger partial charge in [0.15, 0.2) is 0 Å². The number of aliphatic carboxylic acids is 1. The van der Waals surface area contributed by atoms with Crippen molar-refractivity contribution in [3.8, 4) is 6.07 Å². The molecule has 0 saturated carbocycles. The van der Waals surface area contributed by atoms with Crippen LogP contribution in [0.25, 0.3) is 17.0 Å². The summed E-state index contributed by atoms with van der Waals surface area (Å²) in [5, 5.41) is 22.1. The summed E-state index contributed by atoms with van der Waals surface area (Å²) in [6.07, 6.45) is 2.95. The van der Waals surface area contributed by atoms with E-state index >= 15 is 0 Å². The van der Waals surface area contributed by atoms with Crippen LogP contribution in [0.4, 0.5) is 4.39 Å². The van der Waals surface area contributed by atoms with E-state index in [-0.39, 0.29) is 17.6 Å². The van der Waals surface area contributed by atoms with E-state index in [9.17, 15) is 24.3 Å². The molecule has 1 heterocycles. The van der Waals surface area contributed by atoms with Crippen molar-refractivity contribution in [2.45, 2.75) is 12.5 Å². The molecule has 0 saturated heterocycles. The van der Waals surface area contributed by atoms with Gasteiger partial charge in [0.25, 0.3) is 5.91 Å². The zero-order valence-corrected chi connectivity index (χ0v) is 15.6. The zero-order valence-electron chi connectivity index (χ0n) is 15.6. The molecule has 1 amide bonds. The smallest absolute Gasteiger partial charge is 0.326 e. The highest BCUT2D eigenvalue weighted by Crippen LogP contribution is 2.22. The minimum atomic E-state index is -1.24. The number of nitrogens with one attached hydrogen (secondary N) is 1. The fraction of sp³-hybridized carbons (Fsp3) is 0.136. The van der Waals surface area contributed by atoms with Crippen molar-refractivity contribution in [1.82, 2.24) is 9.88 Å². The van der Waals surface area contributed by atoms with Gasteiger partial charge in [-0.3, -0.25) is 4.79 Å². The van der Waals surface area contributed by atoms with E-state index in [0.717, 1.165) is 22.5 Å². The number of amides is 1. The van der Waals surface area contributed by atoms with Crippen LogP contribution in [0.15, 0.2) is 60.3 Å². The predicted octanol–water partition coefficient (Wildman–Crippen LogP) is 3.04. The number of carboxylic acids is 1. The number of aromatic nitrogens is 1. The van der Waals surface area contributed by atoms with Gasteiger partial charge in [-0.2, -0.15) is 5.26 Å². The molecule has 0 spiro atoms. The van der Waals surface area contributed by atoms with Crippen LogP contribution < -0.4 is 5.32 Å². The first-order valence-corrected chi connectivity index (χ1v) is 8.83. The maximum Gasteiger partial charge on any atom is 0.326 e. The van der Waals surface area contributed by atoms with Crippen LogP contribution in [0.5, 0.6) is 0 Å². The first-order valence-electron chi connectivity index (χ1n) is 8.83. The molecule has 2 aromatic carbocycles. The molecular formula is C22H18FN3O3. The maximum atomic E-state index is 13.8. The van der Waals surface area contributed by atoms with Gasteiger partial charge in [0.1, 0.15) is 23.5 Å². The van der Waals surface area contributed by atoms with Gasteiger partial charge in [0.2, 0.25) is 0 Å². The van der Waals surface area contributed by atoms with Crippen molar-refractivity contribution in [3.05, 3.63) is 77.2 Å². The number of carbonyl (C=O) groups excluding carboxylic acids is 1. The molecule has 0 fully saturated rings. The third kappa shape index (κ3) is 4.33. The van der Waals surface area contributed by atoms with Crippen LogP contribution in [-0.2, 0) is 23.1 Å². The zero-order chi connectivity index (χ0) is 21.0. The molecule has 0 unspecified atom stereocenters. The van der Waals surface area contributed by atoms with Crippen molar-refractivity contribution in [1.29, 1.82) is 5.26 Å². The van der Waals surface area contributed by atoms with Crippen molar-refractivity contribution in [2.24, 2.45) is 7.05 Å². The topological polar surface area (TPSA) is 95.1 Å². The Labute approximate surface area is 166 Å². The van der Waals surface area contributed by atoms with Gasteiger partial charge >= 0.3 is 5.97 Å². The Kier molecular flexibility index (Phi) is 5.74. The summed E-state index contributed by atoms with van der Waals surface area (Å²) in [7, 11) is 1.85. The molecule has 146 valence electrons. The molecule has 0 bridgehead atoms. The van der Waals surface area contributed by atoms with E-state index < -0.39 is 23.7 Å². The van der Waals surface area contributed by atoms with Crippen molar-refractivity contribution < 1.29 is 19.1 Å². The SMILES string of the molecule is Cn1cc(C[C@H](NC(=O)C(C#N)=Cc2ccccc2F)C(=O)O)c2ccccc21. The van der Waals surface area contributed by atoms with Crippen molar-refractivity contribution in [2.75, 3.05) is 0 Å². The van der Waals surface area contributed by atoms with Gasteiger partial charge in [0, 0.05) is 36.1 Å². The number of benzene rings is 2. The predicted molar refractivity (Wildman–Crippen MR) is 106 cm³/mol. The van der Waals surface area contributed by atoms with Crippen LogP contribution >= 0.6 is 0 Å². The highest BCUT2D eigenvalue weighted by Gasteiger charge is 2.24. The quantitative estimate of drug-likeness (QED) is 0.499. The van der Waals surface area contributed by atoms with E-state index in [1.807, 2.05) is 42.1 Å². The second kappa shape index (κ2) is 8.40. The Morgan fingerprint density at radius 3 is 2.62 bits per heavy atom. The molecule has 29 heavy (non-hydrogen) atoms. The molecule has 1 atom stereocenters. The van der Waals surface area contributed by atoms with E-state index in [0.29, 0.717) is 0 Å². The Bertz CT molecular complexity index is 1160. The summed E-state index contributed by atoms with van der Waals surface area (Å²) in [6, 6.07) is 13.7. The van der Waals surface area contributed by atoms with E-state index in [4.69, 9.17) is 0 Å². The van der Waals surface area contributed by atoms with Crippen LogP contribution in [0.2, 0.25) is 0 Å². The van der Waals surface area contributed by atoms with E-state index in [1.165, 1.54) is 18.2 Å². The number of nitriles is 1. The van der Waals surface area contributed by atoms with E-state index in [1.54, 1.807) is 12.1 Å². The van der Waals surface area contributed by atoms with Crippen LogP contribution in [0, 0.1) is 17.1 Å². The van der Waals surface area contributed by atoms with Crippen molar-refractivity contribution in [3.63, 3.8) is 0 Å². The molecule has 0 aliphatic carbocycles. The second-order valence-electron chi connectivity index (χ2n) is 6.54. The number of hydrogen-bond donors (Lipinski definition) is 2. The summed E-state index contributed by atoms with van der Waals surface area (Å²) in [6.45, 7) is 0. The summed E-state index contributed by atoms with van der Waals surface area (Å²) < 4.78 is 15.7. The van der Waals surface area contributed by atoms with Gasteiger partial charge < -0.3 is 15.0 Å². The number of carboxylic acid groups (broad SMARTS) is 1. The second-order valence-corrected chi connectivity index (χ2v) is 6.54. The molecule has 3 aromatic rings. The third-order valence-electron chi connectivity index (χ3n) is 4.58. The lowest BCUT2D eigenvalue weighted by molar-refractivity contribution is -0.141.